The molecule has 1 saturated heterocycles. The maximum absolute atomic E-state index is 12.1. The summed E-state index contributed by atoms with van der Waals surface area (Å²) in [5.41, 5.74) is 0. The Hall–Kier alpha value is -1.50. The lowest BCUT2D eigenvalue weighted by atomic mass is 10.3. The van der Waals surface area contributed by atoms with Gasteiger partial charge in [-0.2, -0.15) is 0 Å². The van der Waals surface area contributed by atoms with Crippen LogP contribution in [0.25, 0.3) is 0 Å². The van der Waals surface area contributed by atoms with Crippen molar-refractivity contribution in [2.24, 2.45) is 0 Å². The third-order valence-electron chi connectivity index (χ3n) is 3.68. The number of hydrogen-bond donors (Lipinski definition) is 1. The maximum Gasteiger partial charge on any atom is 0.236 e. The quantitative estimate of drug-likeness (QED) is 0.796. The SMILES string of the molecule is COc1ccc(OCCN(C)CC(=O)N2CCNCC2)cc1.Cl. The van der Waals surface area contributed by atoms with E-state index in [0.717, 1.165) is 37.7 Å². The Bertz CT molecular complexity index is 464. The fourth-order valence-corrected chi connectivity index (χ4v) is 2.32. The van der Waals surface area contributed by atoms with Crippen LogP contribution in [-0.4, -0.2) is 75.7 Å². The predicted octanol–water partition coefficient (Wildman–Crippen LogP) is 0.859. The molecule has 1 aliphatic heterocycles. The fourth-order valence-electron chi connectivity index (χ4n) is 2.32. The molecule has 0 aliphatic carbocycles. The van der Waals surface area contributed by atoms with Crippen molar-refractivity contribution in [2.45, 2.75) is 0 Å². The molecule has 0 saturated carbocycles. The Morgan fingerprint density at radius 2 is 1.83 bits per heavy atom. The number of amides is 1. The molecule has 2 rings (SSSR count). The number of carbonyl (C=O) groups excluding carboxylic acids is 1. The molecule has 6 nitrogen and oxygen atoms in total. The first-order valence-electron chi connectivity index (χ1n) is 7.63. The minimum atomic E-state index is 0. The smallest absolute Gasteiger partial charge is 0.236 e. The molecular weight excluding hydrogens is 318 g/mol. The van der Waals surface area contributed by atoms with Crippen LogP contribution in [0.1, 0.15) is 0 Å². The minimum absolute atomic E-state index is 0. The van der Waals surface area contributed by atoms with Crippen molar-refractivity contribution in [3.8, 4) is 11.5 Å². The molecule has 1 aromatic rings. The van der Waals surface area contributed by atoms with E-state index in [2.05, 4.69) is 5.32 Å². The number of likely N-dealkylation sites (N-methyl/N-ethyl adjacent to an activating group) is 1. The van der Waals surface area contributed by atoms with Crippen LogP contribution in [0, 0.1) is 0 Å². The van der Waals surface area contributed by atoms with E-state index in [9.17, 15) is 4.79 Å². The summed E-state index contributed by atoms with van der Waals surface area (Å²) in [6.45, 7) is 5.07. The van der Waals surface area contributed by atoms with Crippen LogP contribution in [0.5, 0.6) is 11.5 Å². The fraction of sp³-hybridized carbons (Fsp3) is 0.562. The first-order valence-corrected chi connectivity index (χ1v) is 7.63. The predicted molar refractivity (Wildman–Crippen MR) is 92.7 cm³/mol. The molecule has 1 heterocycles. The lowest BCUT2D eigenvalue weighted by Crippen LogP contribution is -2.49. The van der Waals surface area contributed by atoms with Gasteiger partial charge in [0.05, 0.1) is 13.7 Å². The summed E-state index contributed by atoms with van der Waals surface area (Å²) in [6, 6.07) is 7.50. The van der Waals surface area contributed by atoms with E-state index < -0.39 is 0 Å². The Morgan fingerprint density at radius 3 is 2.43 bits per heavy atom. The molecule has 0 spiro atoms. The zero-order valence-electron chi connectivity index (χ0n) is 13.8. The molecule has 1 N–H and O–H groups in total. The maximum atomic E-state index is 12.1. The lowest BCUT2D eigenvalue weighted by Gasteiger charge is -2.29. The number of ether oxygens (including phenoxy) is 2. The van der Waals surface area contributed by atoms with E-state index in [-0.39, 0.29) is 18.3 Å². The monoisotopic (exact) mass is 343 g/mol. The molecule has 1 fully saturated rings. The molecule has 0 aromatic heterocycles. The van der Waals surface area contributed by atoms with Crippen LogP contribution < -0.4 is 14.8 Å². The van der Waals surface area contributed by atoms with Gasteiger partial charge < -0.3 is 19.7 Å². The van der Waals surface area contributed by atoms with Crippen LogP contribution in [0.3, 0.4) is 0 Å². The first kappa shape index (κ1) is 19.5. The molecule has 23 heavy (non-hydrogen) atoms. The summed E-state index contributed by atoms with van der Waals surface area (Å²) >= 11 is 0. The van der Waals surface area contributed by atoms with E-state index in [4.69, 9.17) is 9.47 Å². The summed E-state index contributed by atoms with van der Waals surface area (Å²) in [7, 11) is 3.58. The van der Waals surface area contributed by atoms with Crippen molar-refractivity contribution >= 4 is 18.3 Å². The van der Waals surface area contributed by atoms with Crippen LogP contribution in [-0.2, 0) is 4.79 Å². The molecule has 0 radical (unpaired) electrons. The highest BCUT2D eigenvalue weighted by molar-refractivity contribution is 5.85. The van der Waals surface area contributed by atoms with Crippen molar-refractivity contribution in [1.29, 1.82) is 0 Å². The van der Waals surface area contributed by atoms with Gasteiger partial charge in [0.15, 0.2) is 0 Å². The van der Waals surface area contributed by atoms with E-state index in [0.29, 0.717) is 19.7 Å². The van der Waals surface area contributed by atoms with E-state index in [1.807, 2.05) is 41.1 Å². The number of methoxy groups -OCH3 is 1. The van der Waals surface area contributed by atoms with Crippen molar-refractivity contribution in [1.82, 2.24) is 15.1 Å². The second-order valence-corrected chi connectivity index (χ2v) is 5.39. The van der Waals surface area contributed by atoms with Gasteiger partial charge in [0.1, 0.15) is 18.1 Å². The molecule has 1 amide bonds. The van der Waals surface area contributed by atoms with E-state index in [1.54, 1.807) is 7.11 Å². The number of nitrogens with one attached hydrogen (secondary N) is 1. The average Bonchev–Trinajstić information content (AvgIpc) is 2.56. The van der Waals surface area contributed by atoms with Crippen molar-refractivity contribution in [2.75, 3.05) is 60.0 Å². The second-order valence-electron chi connectivity index (χ2n) is 5.39. The first-order chi connectivity index (χ1) is 10.7. The normalized spacial score (nSPS) is 14.3. The Kier molecular flexibility index (Phi) is 8.76. The molecule has 1 aliphatic rings. The summed E-state index contributed by atoms with van der Waals surface area (Å²) in [4.78, 5) is 16.0. The van der Waals surface area contributed by atoms with Crippen LogP contribution in [0.2, 0.25) is 0 Å². The van der Waals surface area contributed by atoms with Gasteiger partial charge in [-0.1, -0.05) is 0 Å². The average molecular weight is 344 g/mol. The highest BCUT2D eigenvalue weighted by atomic mass is 35.5. The Balaban J connectivity index is 0.00000264. The third-order valence-corrected chi connectivity index (χ3v) is 3.68. The Labute approximate surface area is 144 Å². The number of rotatable bonds is 7. The second kappa shape index (κ2) is 10.3. The molecule has 1 aromatic carbocycles. The molecule has 7 heteroatoms. The van der Waals surface area contributed by atoms with Gasteiger partial charge in [-0.25, -0.2) is 0 Å². The zero-order chi connectivity index (χ0) is 15.8. The number of piperazine rings is 1. The van der Waals surface area contributed by atoms with Gasteiger partial charge in [0.2, 0.25) is 5.91 Å². The van der Waals surface area contributed by atoms with Crippen LogP contribution in [0.4, 0.5) is 0 Å². The summed E-state index contributed by atoms with van der Waals surface area (Å²) < 4.78 is 10.8. The van der Waals surface area contributed by atoms with E-state index in [1.165, 1.54) is 0 Å². The highest BCUT2D eigenvalue weighted by Gasteiger charge is 2.17. The third kappa shape index (κ3) is 6.64. The molecular formula is C16H26ClN3O3. The van der Waals surface area contributed by atoms with Gasteiger partial charge in [-0.05, 0) is 31.3 Å². The van der Waals surface area contributed by atoms with Crippen molar-refractivity contribution < 1.29 is 14.3 Å². The van der Waals surface area contributed by atoms with Crippen molar-refractivity contribution in [3.05, 3.63) is 24.3 Å². The molecule has 0 unspecified atom stereocenters. The number of benzene rings is 1. The number of halogens is 1. The van der Waals surface area contributed by atoms with Gasteiger partial charge in [0.25, 0.3) is 0 Å². The van der Waals surface area contributed by atoms with Gasteiger partial charge >= 0.3 is 0 Å². The lowest BCUT2D eigenvalue weighted by molar-refractivity contribution is -0.132. The standard InChI is InChI=1S/C16H25N3O3.ClH/c1-18(13-16(20)19-9-7-17-8-10-19)11-12-22-15-5-3-14(21-2)4-6-15;/h3-6,17H,7-13H2,1-2H3;1H. The molecule has 0 bridgehead atoms. The Morgan fingerprint density at radius 1 is 1.22 bits per heavy atom. The summed E-state index contributed by atoms with van der Waals surface area (Å²) in [5, 5.41) is 3.25. The largest absolute Gasteiger partial charge is 0.497 e. The number of hydrogen-bond acceptors (Lipinski definition) is 5. The molecule has 130 valence electrons. The van der Waals surface area contributed by atoms with Crippen LogP contribution >= 0.6 is 12.4 Å². The topological polar surface area (TPSA) is 54.0 Å². The number of nitrogens with zero attached hydrogens (tertiary/aromatic N) is 2. The minimum Gasteiger partial charge on any atom is -0.497 e. The van der Waals surface area contributed by atoms with Gasteiger partial charge in [-0.3, -0.25) is 9.69 Å². The number of carbonyl (C=O) groups is 1. The van der Waals surface area contributed by atoms with Crippen molar-refractivity contribution in [3.63, 3.8) is 0 Å². The highest BCUT2D eigenvalue weighted by Crippen LogP contribution is 2.16. The summed E-state index contributed by atoms with van der Waals surface area (Å²) in [5.74, 6) is 1.81. The van der Waals surface area contributed by atoms with Gasteiger partial charge in [0, 0.05) is 32.7 Å². The van der Waals surface area contributed by atoms with Gasteiger partial charge in [-0.15, -0.1) is 12.4 Å². The van der Waals surface area contributed by atoms with E-state index >= 15 is 0 Å². The van der Waals surface area contributed by atoms with Crippen LogP contribution in [0.15, 0.2) is 24.3 Å². The summed E-state index contributed by atoms with van der Waals surface area (Å²) in [6.07, 6.45) is 0. The molecule has 0 atom stereocenters. The zero-order valence-corrected chi connectivity index (χ0v) is 14.6.